The summed E-state index contributed by atoms with van der Waals surface area (Å²) in [6.07, 6.45) is 4.46. The van der Waals surface area contributed by atoms with Crippen molar-refractivity contribution < 1.29 is 4.79 Å². The summed E-state index contributed by atoms with van der Waals surface area (Å²) in [7, 11) is 3.97. The van der Waals surface area contributed by atoms with E-state index in [4.69, 9.17) is 0 Å². The van der Waals surface area contributed by atoms with Gasteiger partial charge in [-0.15, -0.1) is 11.3 Å². The summed E-state index contributed by atoms with van der Waals surface area (Å²) >= 11 is 1.65. The molecule has 2 aromatic rings. The maximum Gasteiger partial charge on any atom is 0.228 e. The van der Waals surface area contributed by atoms with E-state index >= 15 is 0 Å². The Labute approximate surface area is 135 Å². The molecule has 0 aliphatic carbocycles. The summed E-state index contributed by atoms with van der Waals surface area (Å²) < 4.78 is 0. The normalized spacial score (nSPS) is 17.7. The summed E-state index contributed by atoms with van der Waals surface area (Å²) in [5, 5.41) is 2.02. The van der Waals surface area contributed by atoms with Gasteiger partial charge >= 0.3 is 0 Å². The maximum atomic E-state index is 12.6. The second kappa shape index (κ2) is 6.48. The lowest BCUT2D eigenvalue weighted by molar-refractivity contribution is -0.131. The van der Waals surface area contributed by atoms with Crippen LogP contribution in [0.2, 0.25) is 0 Å². The minimum atomic E-state index is 0.189. The zero-order valence-electron chi connectivity index (χ0n) is 13.0. The average Bonchev–Trinajstić information content (AvgIpc) is 3.18. The van der Waals surface area contributed by atoms with Gasteiger partial charge in [0, 0.05) is 31.7 Å². The zero-order valence-corrected chi connectivity index (χ0v) is 13.8. The lowest BCUT2D eigenvalue weighted by Gasteiger charge is -2.25. The number of likely N-dealkylation sites (tertiary alicyclic amines) is 1. The first-order valence-corrected chi connectivity index (χ1v) is 8.48. The molecule has 0 spiro atoms. The Kier molecular flexibility index (Phi) is 4.43. The first-order valence-electron chi connectivity index (χ1n) is 7.60. The topological polar surface area (TPSA) is 36.4 Å². The standard InChI is InChI=1S/C17H21N3OS/c1-19(2)16-11-13(7-8-18-16)15-6-3-9-20(15)17(21)12-14-5-4-10-22-14/h4-5,7-8,10-11,15H,3,6,9,12H2,1-2H3/t15-/m1/s1. The SMILES string of the molecule is CN(C)c1cc([C@H]2CCCN2C(=O)Cc2cccs2)ccn1. The number of aromatic nitrogens is 1. The van der Waals surface area contributed by atoms with Crippen molar-refractivity contribution in [3.63, 3.8) is 0 Å². The number of thiophene rings is 1. The molecule has 2 aromatic heterocycles. The minimum Gasteiger partial charge on any atom is -0.363 e. The van der Waals surface area contributed by atoms with Crippen molar-refractivity contribution in [2.45, 2.75) is 25.3 Å². The van der Waals surface area contributed by atoms with Crippen LogP contribution >= 0.6 is 11.3 Å². The van der Waals surface area contributed by atoms with Gasteiger partial charge in [0.1, 0.15) is 5.82 Å². The summed E-state index contributed by atoms with van der Waals surface area (Å²) in [6, 6.07) is 8.36. The van der Waals surface area contributed by atoms with Crippen molar-refractivity contribution in [2.75, 3.05) is 25.5 Å². The highest BCUT2D eigenvalue weighted by atomic mass is 32.1. The second-order valence-electron chi connectivity index (χ2n) is 5.84. The van der Waals surface area contributed by atoms with Crippen LogP contribution in [-0.4, -0.2) is 36.4 Å². The molecule has 3 heterocycles. The van der Waals surface area contributed by atoms with Crippen LogP contribution in [0.5, 0.6) is 0 Å². The third-order valence-corrected chi connectivity index (χ3v) is 4.97. The third kappa shape index (κ3) is 3.14. The molecule has 1 saturated heterocycles. The van der Waals surface area contributed by atoms with Crippen LogP contribution in [0.25, 0.3) is 0 Å². The lowest BCUT2D eigenvalue weighted by Crippen LogP contribution is -2.31. The molecule has 1 aliphatic heterocycles. The molecule has 4 nitrogen and oxygen atoms in total. The number of hydrogen-bond acceptors (Lipinski definition) is 4. The number of amides is 1. The highest BCUT2D eigenvalue weighted by Crippen LogP contribution is 2.33. The molecule has 0 unspecified atom stereocenters. The molecule has 1 atom stereocenters. The number of anilines is 1. The predicted octanol–water partition coefficient (Wildman–Crippen LogP) is 3.12. The Morgan fingerprint density at radius 1 is 1.45 bits per heavy atom. The fourth-order valence-corrected chi connectivity index (χ4v) is 3.66. The van der Waals surface area contributed by atoms with Crippen molar-refractivity contribution in [1.29, 1.82) is 0 Å². The summed E-state index contributed by atoms with van der Waals surface area (Å²) in [4.78, 5) is 22.2. The van der Waals surface area contributed by atoms with Crippen molar-refractivity contribution in [1.82, 2.24) is 9.88 Å². The van der Waals surface area contributed by atoms with Crippen molar-refractivity contribution in [3.8, 4) is 0 Å². The lowest BCUT2D eigenvalue weighted by atomic mass is 10.1. The van der Waals surface area contributed by atoms with E-state index < -0.39 is 0 Å². The van der Waals surface area contributed by atoms with E-state index in [0.717, 1.165) is 30.1 Å². The van der Waals surface area contributed by atoms with E-state index in [1.807, 2.05) is 53.7 Å². The van der Waals surface area contributed by atoms with Gasteiger partial charge in [-0.3, -0.25) is 4.79 Å². The molecule has 0 aromatic carbocycles. The Hall–Kier alpha value is -1.88. The number of pyridine rings is 1. The molecule has 22 heavy (non-hydrogen) atoms. The summed E-state index contributed by atoms with van der Waals surface area (Å²) in [5.41, 5.74) is 1.19. The summed E-state index contributed by atoms with van der Waals surface area (Å²) in [5.74, 6) is 1.17. The van der Waals surface area contributed by atoms with Crippen molar-refractivity contribution in [3.05, 3.63) is 46.3 Å². The Morgan fingerprint density at radius 3 is 3.05 bits per heavy atom. The van der Waals surface area contributed by atoms with Gasteiger partial charge in [0.15, 0.2) is 0 Å². The van der Waals surface area contributed by atoms with E-state index in [-0.39, 0.29) is 11.9 Å². The molecule has 0 saturated carbocycles. The van der Waals surface area contributed by atoms with Crippen LogP contribution in [0.1, 0.15) is 29.3 Å². The van der Waals surface area contributed by atoms with Gasteiger partial charge in [-0.2, -0.15) is 0 Å². The van der Waals surface area contributed by atoms with E-state index in [2.05, 4.69) is 11.1 Å². The van der Waals surface area contributed by atoms with Gasteiger partial charge < -0.3 is 9.80 Å². The molecule has 1 aliphatic rings. The van der Waals surface area contributed by atoms with E-state index in [9.17, 15) is 4.79 Å². The first kappa shape index (κ1) is 15.0. The highest BCUT2D eigenvalue weighted by molar-refractivity contribution is 7.10. The fourth-order valence-electron chi connectivity index (χ4n) is 2.96. The van der Waals surface area contributed by atoms with E-state index in [1.54, 1.807) is 11.3 Å². The number of carbonyl (C=O) groups excluding carboxylic acids is 1. The molecule has 1 fully saturated rings. The minimum absolute atomic E-state index is 0.189. The van der Waals surface area contributed by atoms with Crippen LogP contribution in [0.3, 0.4) is 0 Å². The maximum absolute atomic E-state index is 12.6. The van der Waals surface area contributed by atoms with Crippen LogP contribution in [0.4, 0.5) is 5.82 Å². The predicted molar refractivity (Wildman–Crippen MR) is 90.3 cm³/mol. The molecular formula is C17H21N3OS. The largest absolute Gasteiger partial charge is 0.363 e. The van der Waals surface area contributed by atoms with Gasteiger partial charge in [0.25, 0.3) is 0 Å². The Morgan fingerprint density at radius 2 is 2.32 bits per heavy atom. The van der Waals surface area contributed by atoms with E-state index in [0.29, 0.717) is 6.42 Å². The highest BCUT2D eigenvalue weighted by Gasteiger charge is 2.30. The van der Waals surface area contributed by atoms with Gasteiger partial charge in [-0.25, -0.2) is 4.98 Å². The molecule has 0 bridgehead atoms. The number of hydrogen-bond donors (Lipinski definition) is 0. The molecule has 0 N–H and O–H groups in total. The van der Waals surface area contributed by atoms with Gasteiger partial charge in [-0.1, -0.05) is 6.07 Å². The average molecular weight is 315 g/mol. The van der Waals surface area contributed by atoms with E-state index in [1.165, 1.54) is 5.56 Å². The fraction of sp³-hybridized carbons (Fsp3) is 0.412. The molecule has 1 amide bonds. The van der Waals surface area contributed by atoms with Crippen LogP contribution in [0, 0.1) is 0 Å². The third-order valence-electron chi connectivity index (χ3n) is 4.09. The zero-order chi connectivity index (χ0) is 15.5. The first-order chi connectivity index (χ1) is 10.6. The number of rotatable bonds is 4. The van der Waals surface area contributed by atoms with Crippen LogP contribution in [0.15, 0.2) is 35.8 Å². The quantitative estimate of drug-likeness (QED) is 0.870. The number of carbonyl (C=O) groups is 1. The van der Waals surface area contributed by atoms with Gasteiger partial charge in [0.05, 0.1) is 12.5 Å². The molecule has 5 heteroatoms. The smallest absolute Gasteiger partial charge is 0.228 e. The molecular weight excluding hydrogens is 294 g/mol. The second-order valence-corrected chi connectivity index (χ2v) is 6.88. The Bertz CT molecular complexity index is 639. The molecule has 116 valence electrons. The monoisotopic (exact) mass is 315 g/mol. The van der Waals surface area contributed by atoms with Crippen LogP contribution in [-0.2, 0) is 11.2 Å². The van der Waals surface area contributed by atoms with Gasteiger partial charge in [0.2, 0.25) is 5.91 Å². The van der Waals surface area contributed by atoms with Gasteiger partial charge in [-0.05, 0) is 42.0 Å². The van der Waals surface area contributed by atoms with Crippen molar-refractivity contribution in [2.24, 2.45) is 0 Å². The molecule has 3 rings (SSSR count). The summed E-state index contributed by atoms with van der Waals surface area (Å²) in [6.45, 7) is 0.856. The number of nitrogens with zero attached hydrogens (tertiary/aromatic N) is 3. The molecule has 0 radical (unpaired) electrons. The van der Waals surface area contributed by atoms with Crippen molar-refractivity contribution >= 4 is 23.1 Å². The van der Waals surface area contributed by atoms with Crippen LogP contribution < -0.4 is 4.90 Å². The Balaban J connectivity index is 1.78.